The van der Waals surface area contributed by atoms with Crippen molar-refractivity contribution in [3.63, 3.8) is 0 Å². The minimum atomic E-state index is -0.913. The van der Waals surface area contributed by atoms with Crippen LogP contribution in [0.15, 0.2) is 53.5 Å². The van der Waals surface area contributed by atoms with Crippen LogP contribution in [0.5, 0.6) is 0 Å². The lowest BCUT2D eigenvalue weighted by Gasteiger charge is -2.03. The van der Waals surface area contributed by atoms with Gasteiger partial charge in [-0.3, -0.25) is 4.99 Å². The normalized spacial score (nSPS) is 10.5. The minimum Gasteiger partial charge on any atom is -0.478 e. The first kappa shape index (κ1) is 23.5. The number of rotatable bonds is 10. The predicted molar refractivity (Wildman–Crippen MR) is 113 cm³/mol. The third-order valence-corrected chi connectivity index (χ3v) is 4.28. The van der Waals surface area contributed by atoms with Gasteiger partial charge >= 0.3 is 5.97 Å². The summed E-state index contributed by atoms with van der Waals surface area (Å²) >= 11 is 0. The topological polar surface area (TPSA) is 90.1 Å². The average molecular weight is 386 g/mol. The van der Waals surface area contributed by atoms with E-state index in [2.05, 4.69) is 24.0 Å². The van der Waals surface area contributed by atoms with Crippen molar-refractivity contribution in [2.45, 2.75) is 51.9 Å². The fourth-order valence-electron chi connectivity index (χ4n) is 2.72. The molecule has 0 bridgehead atoms. The first-order valence-corrected chi connectivity index (χ1v) is 9.78. The average Bonchev–Trinajstić information content (AvgIpc) is 2.71. The maximum absolute atomic E-state index is 10.8. The molecule has 0 amide bonds. The van der Waals surface area contributed by atoms with Gasteiger partial charge in [-0.05, 0) is 48.2 Å². The summed E-state index contributed by atoms with van der Waals surface area (Å²) in [6.07, 6.45) is 10.8. The molecule has 5 heteroatoms. The number of carbonyl (C=O) groups is 1. The molecule has 0 aliphatic heterocycles. The van der Waals surface area contributed by atoms with Gasteiger partial charge < -0.3 is 15.3 Å². The number of carboxylic acids is 1. The number of unbranched alkanes of at least 4 members (excludes halogenated alkanes) is 5. The summed E-state index contributed by atoms with van der Waals surface area (Å²) in [5.74, 6) is -0.913. The molecule has 0 saturated heterocycles. The minimum absolute atomic E-state index is 0.288. The lowest BCUT2D eigenvalue weighted by molar-refractivity contribution is 0.0696. The zero-order valence-corrected chi connectivity index (χ0v) is 16.6. The summed E-state index contributed by atoms with van der Waals surface area (Å²) in [7, 11) is 0. The fraction of sp³-hybridized carbons (Fsp3) is 0.391. The number of carboxylic acid groups (broad SMARTS) is 1. The van der Waals surface area contributed by atoms with Crippen LogP contribution in [-0.4, -0.2) is 34.3 Å². The molecule has 0 fully saturated rings. The number of aliphatic imine (C=N–C) groups is 1. The third kappa shape index (κ3) is 10.00. The third-order valence-electron chi connectivity index (χ3n) is 4.28. The van der Waals surface area contributed by atoms with Crippen LogP contribution in [0.1, 0.15) is 66.9 Å². The van der Waals surface area contributed by atoms with Crippen molar-refractivity contribution in [2.75, 3.05) is 6.79 Å². The Hall–Kier alpha value is -2.50. The summed E-state index contributed by atoms with van der Waals surface area (Å²) < 4.78 is 0. The Morgan fingerprint density at radius 3 is 2.04 bits per heavy atom. The first-order valence-electron chi connectivity index (χ1n) is 9.78. The Balaban J connectivity index is 0.00000122. The van der Waals surface area contributed by atoms with Crippen LogP contribution in [0.3, 0.4) is 0 Å². The summed E-state index contributed by atoms with van der Waals surface area (Å²) in [6, 6.07) is 15.1. The highest BCUT2D eigenvalue weighted by Gasteiger charge is 2.00. The number of aryl methyl sites for hydroxylation is 1. The monoisotopic (exact) mass is 385 g/mol. The van der Waals surface area contributed by atoms with Crippen molar-refractivity contribution < 1.29 is 20.1 Å². The van der Waals surface area contributed by atoms with E-state index in [0.29, 0.717) is 0 Å². The van der Waals surface area contributed by atoms with Crippen LogP contribution in [0.25, 0.3) is 0 Å². The number of nitrogens with zero attached hydrogens (tertiary/aromatic N) is 1. The van der Waals surface area contributed by atoms with Crippen LogP contribution in [-0.2, 0) is 6.42 Å². The molecule has 152 valence electrons. The molecule has 0 heterocycles. The van der Waals surface area contributed by atoms with E-state index < -0.39 is 12.8 Å². The highest BCUT2D eigenvalue weighted by molar-refractivity contribution is 5.89. The number of aliphatic hydroxyl groups excluding tert-OH is 1. The molecule has 0 saturated carbocycles. The molecule has 2 aromatic carbocycles. The Labute approximate surface area is 167 Å². The molecule has 0 aliphatic carbocycles. The van der Waals surface area contributed by atoms with Gasteiger partial charge in [0.25, 0.3) is 0 Å². The second-order valence-electron chi connectivity index (χ2n) is 6.51. The molecular weight excluding hydrogens is 354 g/mol. The van der Waals surface area contributed by atoms with Crippen LogP contribution < -0.4 is 0 Å². The number of hydrogen-bond donors (Lipinski definition) is 3. The van der Waals surface area contributed by atoms with Gasteiger partial charge in [0.1, 0.15) is 6.79 Å². The molecule has 0 atom stereocenters. The first-order chi connectivity index (χ1) is 13.6. The van der Waals surface area contributed by atoms with E-state index >= 15 is 0 Å². The highest BCUT2D eigenvalue weighted by Crippen LogP contribution is 2.16. The van der Waals surface area contributed by atoms with E-state index in [-0.39, 0.29) is 5.56 Å². The van der Waals surface area contributed by atoms with Gasteiger partial charge in [-0.25, -0.2) is 4.79 Å². The molecule has 0 aromatic heterocycles. The fourth-order valence-corrected chi connectivity index (χ4v) is 2.72. The van der Waals surface area contributed by atoms with Crippen molar-refractivity contribution in [3.8, 4) is 0 Å². The molecule has 5 nitrogen and oxygen atoms in total. The molecule has 0 unspecified atom stereocenters. The van der Waals surface area contributed by atoms with E-state index in [0.717, 1.165) is 17.7 Å². The van der Waals surface area contributed by atoms with E-state index in [1.807, 2.05) is 12.1 Å². The lowest BCUT2D eigenvalue weighted by Crippen LogP contribution is -1.95. The molecule has 0 spiro atoms. The second kappa shape index (κ2) is 14.5. The maximum atomic E-state index is 10.8. The largest absolute Gasteiger partial charge is 0.478 e. The van der Waals surface area contributed by atoms with Gasteiger partial charge in [0.15, 0.2) is 0 Å². The molecule has 0 aliphatic rings. The Bertz CT molecular complexity index is 694. The zero-order chi connectivity index (χ0) is 20.6. The molecule has 0 radical (unpaired) electrons. The van der Waals surface area contributed by atoms with Crippen molar-refractivity contribution in [1.82, 2.24) is 0 Å². The molecular formula is C23H31NO4. The number of benzene rings is 2. The molecule has 28 heavy (non-hydrogen) atoms. The molecule has 2 aromatic rings. The number of aromatic carboxylic acids is 1. The Morgan fingerprint density at radius 1 is 0.893 bits per heavy atom. The molecule has 2 rings (SSSR count). The van der Waals surface area contributed by atoms with Crippen molar-refractivity contribution in [2.24, 2.45) is 4.99 Å². The Kier molecular flexibility index (Phi) is 12.2. The zero-order valence-electron chi connectivity index (χ0n) is 16.6. The maximum Gasteiger partial charge on any atom is 0.335 e. The second-order valence-corrected chi connectivity index (χ2v) is 6.51. The summed E-state index contributed by atoms with van der Waals surface area (Å²) in [5.41, 5.74) is 3.45. The van der Waals surface area contributed by atoms with E-state index in [9.17, 15) is 4.79 Å². The lowest BCUT2D eigenvalue weighted by atomic mass is 10.0. The predicted octanol–water partition coefficient (Wildman–Crippen LogP) is 4.97. The van der Waals surface area contributed by atoms with E-state index in [4.69, 9.17) is 15.3 Å². The van der Waals surface area contributed by atoms with Gasteiger partial charge in [-0.15, -0.1) is 0 Å². The van der Waals surface area contributed by atoms with E-state index in [1.54, 1.807) is 30.5 Å². The SMILES string of the molecule is CCCCCCCCc1ccc(N=Cc2ccc(C(=O)O)cc2)cc1.OCO. The van der Waals surface area contributed by atoms with Gasteiger partial charge in [0.2, 0.25) is 0 Å². The number of hydrogen-bond acceptors (Lipinski definition) is 4. The Morgan fingerprint density at radius 2 is 1.46 bits per heavy atom. The van der Waals surface area contributed by atoms with Crippen LogP contribution in [0, 0.1) is 0 Å². The van der Waals surface area contributed by atoms with Crippen molar-refractivity contribution in [1.29, 1.82) is 0 Å². The van der Waals surface area contributed by atoms with Gasteiger partial charge in [-0.2, -0.15) is 0 Å². The van der Waals surface area contributed by atoms with Gasteiger partial charge in [0.05, 0.1) is 11.3 Å². The summed E-state index contributed by atoms with van der Waals surface area (Å²) in [5, 5.41) is 23.1. The van der Waals surface area contributed by atoms with Crippen LogP contribution in [0.2, 0.25) is 0 Å². The quantitative estimate of drug-likeness (QED) is 0.306. The smallest absolute Gasteiger partial charge is 0.335 e. The standard InChI is InChI=1S/C22H27NO2.CH4O2/c1-2-3-4-5-6-7-8-18-11-15-21(16-12-18)23-17-19-9-13-20(14-10-19)22(24)25;2-1-3/h9-17H,2-8H2,1H3,(H,24,25);2-3H,1H2. The number of aliphatic hydroxyl groups is 2. The van der Waals surface area contributed by atoms with Crippen LogP contribution >= 0.6 is 0 Å². The molecule has 3 N–H and O–H groups in total. The van der Waals surface area contributed by atoms with Gasteiger partial charge in [-0.1, -0.05) is 63.3 Å². The summed E-state index contributed by atoms with van der Waals surface area (Å²) in [4.78, 5) is 15.3. The van der Waals surface area contributed by atoms with Crippen molar-refractivity contribution in [3.05, 3.63) is 65.2 Å². The highest BCUT2D eigenvalue weighted by atomic mass is 16.5. The summed E-state index contributed by atoms with van der Waals surface area (Å²) in [6.45, 7) is 1.50. The van der Waals surface area contributed by atoms with Crippen LogP contribution in [0.4, 0.5) is 5.69 Å². The van der Waals surface area contributed by atoms with Gasteiger partial charge in [0, 0.05) is 6.21 Å². The van der Waals surface area contributed by atoms with Crippen molar-refractivity contribution >= 4 is 17.9 Å². The van der Waals surface area contributed by atoms with E-state index in [1.165, 1.54) is 44.1 Å².